The number of aromatic nitrogens is 5. The van der Waals surface area contributed by atoms with Gasteiger partial charge in [-0.1, -0.05) is 6.92 Å². The molecule has 0 unspecified atom stereocenters. The van der Waals surface area contributed by atoms with E-state index < -0.39 is 0 Å². The molecule has 1 fully saturated rings. The molecule has 9 heteroatoms. The van der Waals surface area contributed by atoms with Crippen LogP contribution in [0.1, 0.15) is 50.4 Å². The first-order chi connectivity index (χ1) is 13.6. The van der Waals surface area contributed by atoms with Gasteiger partial charge in [-0.05, 0) is 19.3 Å². The van der Waals surface area contributed by atoms with E-state index in [-0.39, 0.29) is 17.4 Å². The van der Waals surface area contributed by atoms with Crippen LogP contribution in [0, 0.1) is 0 Å². The molecule has 0 aliphatic carbocycles. The van der Waals surface area contributed by atoms with Crippen LogP contribution in [0.2, 0.25) is 0 Å². The third-order valence-electron chi connectivity index (χ3n) is 6.05. The van der Waals surface area contributed by atoms with Crippen molar-refractivity contribution in [3.8, 4) is 0 Å². The van der Waals surface area contributed by atoms with E-state index in [0.717, 1.165) is 37.1 Å². The predicted octanol–water partition coefficient (Wildman–Crippen LogP) is 1.09. The number of hydrogen-bond donors (Lipinski definition) is 1. The van der Waals surface area contributed by atoms with Crippen LogP contribution in [-0.2, 0) is 28.1 Å². The van der Waals surface area contributed by atoms with E-state index in [4.69, 9.17) is 0 Å². The lowest BCUT2D eigenvalue weighted by atomic mass is 9.78. The van der Waals surface area contributed by atoms with E-state index in [1.54, 1.807) is 17.3 Å². The maximum atomic E-state index is 12.6. The zero-order valence-electron chi connectivity index (χ0n) is 16.3. The van der Waals surface area contributed by atoms with Gasteiger partial charge in [0.2, 0.25) is 11.8 Å². The molecule has 28 heavy (non-hydrogen) atoms. The SMILES string of the molecule is CCC(=O)N1CCc2[nH]cnc2C12CCN(C(=O)CCCn1cncn1)CC2. The molecule has 0 saturated carbocycles. The fraction of sp³-hybridized carbons (Fsp3) is 0.632. The number of carbonyl (C=O) groups is 2. The highest BCUT2D eigenvalue weighted by atomic mass is 16.2. The smallest absolute Gasteiger partial charge is 0.223 e. The number of nitrogens with zero attached hydrogens (tertiary/aromatic N) is 6. The zero-order valence-corrected chi connectivity index (χ0v) is 16.3. The van der Waals surface area contributed by atoms with Crippen molar-refractivity contribution in [2.45, 2.75) is 57.5 Å². The second-order valence-electron chi connectivity index (χ2n) is 7.55. The van der Waals surface area contributed by atoms with Gasteiger partial charge in [0, 0.05) is 51.1 Å². The molecule has 0 aromatic carbocycles. The molecule has 2 aromatic heterocycles. The molecule has 9 nitrogen and oxygen atoms in total. The van der Waals surface area contributed by atoms with Gasteiger partial charge in [-0.3, -0.25) is 14.3 Å². The summed E-state index contributed by atoms with van der Waals surface area (Å²) in [6.45, 7) is 4.63. The minimum absolute atomic E-state index is 0.168. The number of carbonyl (C=O) groups excluding carboxylic acids is 2. The highest BCUT2D eigenvalue weighted by Gasteiger charge is 2.48. The van der Waals surface area contributed by atoms with Crippen molar-refractivity contribution in [2.24, 2.45) is 0 Å². The fourth-order valence-electron chi connectivity index (χ4n) is 4.56. The van der Waals surface area contributed by atoms with Crippen LogP contribution < -0.4 is 0 Å². The topological polar surface area (TPSA) is 100 Å². The Morgan fingerprint density at radius 3 is 2.75 bits per heavy atom. The average molecular weight is 385 g/mol. The quantitative estimate of drug-likeness (QED) is 0.831. The zero-order chi connectivity index (χ0) is 19.6. The Bertz CT molecular complexity index is 821. The van der Waals surface area contributed by atoms with Crippen molar-refractivity contribution in [1.82, 2.24) is 34.5 Å². The van der Waals surface area contributed by atoms with Gasteiger partial charge >= 0.3 is 0 Å². The van der Waals surface area contributed by atoms with Crippen LogP contribution in [0.25, 0.3) is 0 Å². The monoisotopic (exact) mass is 385 g/mol. The number of aryl methyl sites for hydroxylation is 1. The first-order valence-corrected chi connectivity index (χ1v) is 10.1. The van der Waals surface area contributed by atoms with Crippen molar-refractivity contribution < 1.29 is 9.59 Å². The Labute approximate surface area is 164 Å². The Balaban J connectivity index is 1.41. The molecule has 150 valence electrons. The van der Waals surface area contributed by atoms with E-state index in [2.05, 4.69) is 20.1 Å². The summed E-state index contributed by atoms with van der Waals surface area (Å²) in [6.07, 6.45) is 8.93. The standard InChI is InChI=1S/C19H27N7O2/c1-2-16(27)26-9-5-15-18(22-13-21-15)19(26)6-10-24(11-7-19)17(28)4-3-8-25-14-20-12-23-25/h12-14H,2-11H2,1H3,(H,21,22). The summed E-state index contributed by atoms with van der Waals surface area (Å²) in [5, 5.41) is 4.07. The van der Waals surface area contributed by atoms with Crippen LogP contribution in [0.3, 0.4) is 0 Å². The van der Waals surface area contributed by atoms with Crippen molar-refractivity contribution in [1.29, 1.82) is 0 Å². The van der Waals surface area contributed by atoms with E-state index in [9.17, 15) is 9.59 Å². The molecule has 2 aliphatic rings. The summed E-state index contributed by atoms with van der Waals surface area (Å²) < 4.78 is 1.74. The Hall–Kier alpha value is -2.71. The summed E-state index contributed by atoms with van der Waals surface area (Å²) in [7, 11) is 0. The average Bonchev–Trinajstić information content (AvgIpc) is 3.40. The van der Waals surface area contributed by atoms with Crippen molar-refractivity contribution in [3.63, 3.8) is 0 Å². The normalized spacial score (nSPS) is 18.3. The van der Waals surface area contributed by atoms with Gasteiger partial charge in [0.15, 0.2) is 0 Å². The highest BCUT2D eigenvalue weighted by Crippen LogP contribution is 2.42. The molecule has 4 heterocycles. The Morgan fingerprint density at radius 1 is 1.21 bits per heavy atom. The molecule has 2 aliphatic heterocycles. The van der Waals surface area contributed by atoms with E-state index in [1.807, 2.05) is 16.7 Å². The highest BCUT2D eigenvalue weighted by molar-refractivity contribution is 5.78. The van der Waals surface area contributed by atoms with Crippen molar-refractivity contribution >= 4 is 11.8 Å². The molecule has 2 aromatic rings. The summed E-state index contributed by atoms with van der Waals surface area (Å²) in [4.78, 5) is 41.0. The predicted molar refractivity (Wildman–Crippen MR) is 101 cm³/mol. The number of likely N-dealkylation sites (tertiary alicyclic amines) is 1. The van der Waals surface area contributed by atoms with Crippen LogP contribution in [0.5, 0.6) is 0 Å². The fourth-order valence-corrected chi connectivity index (χ4v) is 4.56. The molecule has 1 saturated heterocycles. The van der Waals surface area contributed by atoms with Crippen molar-refractivity contribution in [2.75, 3.05) is 19.6 Å². The maximum absolute atomic E-state index is 12.6. The van der Waals surface area contributed by atoms with Crippen LogP contribution in [0.15, 0.2) is 19.0 Å². The summed E-state index contributed by atoms with van der Waals surface area (Å²) in [5.74, 6) is 0.336. The van der Waals surface area contributed by atoms with Gasteiger partial charge in [-0.2, -0.15) is 5.10 Å². The van der Waals surface area contributed by atoms with Crippen LogP contribution in [0.4, 0.5) is 0 Å². The van der Waals surface area contributed by atoms with E-state index in [0.29, 0.717) is 39.0 Å². The number of rotatable bonds is 5. The maximum Gasteiger partial charge on any atom is 0.223 e. The second-order valence-corrected chi connectivity index (χ2v) is 7.55. The largest absolute Gasteiger partial charge is 0.348 e. The van der Waals surface area contributed by atoms with Crippen LogP contribution >= 0.6 is 0 Å². The molecule has 0 atom stereocenters. The van der Waals surface area contributed by atoms with E-state index >= 15 is 0 Å². The number of piperidine rings is 1. The number of imidazole rings is 1. The molecule has 1 N–H and O–H groups in total. The summed E-state index contributed by atoms with van der Waals surface area (Å²) in [6, 6.07) is 0. The van der Waals surface area contributed by atoms with Gasteiger partial charge in [0.1, 0.15) is 12.7 Å². The minimum atomic E-state index is -0.377. The van der Waals surface area contributed by atoms with Gasteiger partial charge < -0.3 is 14.8 Å². The molecule has 1 spiro atoms. The number of hydrogen-bond acceptors (Lipinski definition) is 5. The number of nitrogens with one attached hydrogen (secondary N) is 1. The number of aromatic amines is 1. The number of fused-ring (bicyclic) bond motifs is 2. The van der Waals surface area contributed by atoms with E-state index in [1.165, 1.54) is 6.33 Å². The minimum Gasteiger partial charge on any atom is -0.348 e. The Morgan fingerprint density at radius 2 is 2.04 bits per heavy atom. The molecule has 2 amide bonds. The second kappa shape index (κ2) is 7.73. The molecule has 0 radical (unpaired) electrons. The third-order valence-corrected chi connectivity index (χ3v) is 6.05. The van der Waals surface area contributed by atoms with Crippen LogP contribution in [-0.4, -0.2) is 66.0 Å². The van der Waals surface area contributed by atoms with Gasteiger partial charge in [0.05, 0.1) is 17.6 Å². The summed E-state index contributed by atoms with van der Waals surface area (Å²) >= 11 is 0. The lowest BCUT2D eigenvalue weighted by molar-refractivity contribution is -0.144. The van der Waals surface area contributed by atoms with Gasteiger partial charge in [0.25, 0.3) is 0 Å². The third kappa shape index (κ3) is 3.29. The van der Waals surface area contributed by atoms with Gasteiger partial charge in [-0.15, -0.1) is 0 Å². The molecular weight excluding hydrogens is 358 g/mol. The number of H-pyrrole nitrogens is 1. The number of amides is 2. The Kier molecular flexibility index (Phi) is 5.15. The first kappa shape index (κ1) is 18.6. The lowest BCUT2D eigenvalue weighted by Crippen LogP contribution is -2.58. The van der Waals surface area contributed by atoms with Crippen molar-refractivity contribution in [3.05, 3.63) is 30.4 Å². The molecule has 0 bridgehead atoms. The first-order valence-electron chi connectivity index (χ1n) is 10.1. The summed E-state index contributed by atoms with van der Waals surface area (Å²) in [5.41, 5.74) is 1.75. The molecular formula is C19H27N7O2. The molecule has 4 rings (SSSR count). The van der Waals surface area contributed by atoms with Gasteiger partial charge in [-0.25, -0.2) is 9.97 Å². The lowest BCUT2D eigenvalue weighted by Gasteiger charge is -2.50.